The molecule has 0 bridgehead atoms. The molecular weight excluding hydrogens is 270 g/mol. The number of rotatable bonds is 2. The maximum absolute atomic E-state index is 12.0. The summed E-state index contributed by atoms with van der Waals surface area (Å²) in [5, 5.41) is 20.8. The van der Waals surface area contributed by atoms with Gasteiger partial charge in [0.25, 0.3) is 0 Å². The number of hydrogen-bond donors (Lipinski definition) is 2. The maximum atomic E-state index is 12.0. The van der Waals surface area contributed by atoms with E-state index in [1.165, 1.54) is 0 Å². The molecule has 1 saturated carbocycles. The van der Waals surface area contributed by atoms with Gasteiger partial charge in [-0.05, 0) is 52.4 Å². The minimum absolute atomic E-state index is 0.0861. The number of nitrogens with zero attached hydrogens (tertiary/aromatic N) is 1. The van der Waals surface area contributed by atoms with E-state index in [0.717, 1.165) is 12.8 Å². The van der Waals surface area contributed by atoms with Crippen molar-refractivity contribution in [3.8, 4) is 0 Å². The Morgan fingerprint density at radius 1 is 1.29 bits per heavy atom. The molecule has 1 heterocycles. The number of carbonyl (C=O) groups is 1. The summed E-state index contributed by atoms with van der Waals surface area (Å²) in [4.78, 5) is 13.6. The van der Waals surface area contributed by atoms with E-state index in [0.29, 0.717) is 31.8 Å². The second kappa shape index (κ2) is 5.43. The molecule has 0 aromatic rings. The highest BCUT2D eigenvalue weighted by Gasteiger charge is 2.59. The SMILES string of the molecule is CC1CCC(O)(C2(CO)CN(C(=O)OC(C)(C)C)C2)CC1. The van der Waals surface area contributed by atoms with E-state index in [-0.39, 0.29) is 12.7 Å². The van der Waals surface area contributed by atoms with Crippen LogP contribution in [0.2, 0.25) is 0 Å². The largest absolute Gasteiger partial charge is 0.444 e. The Balaban J connectivity index is 1.99. The fraction of sp³-hybridized carbons (Fsp3) is 0.938. The number of hydrogen-bond acceptors (Lipinski definition) is 4. The third kappa shape index (κ3) is 3.19. The molecule has 2 N–H and O–H groups in total. The quantitative estimate of drug-likeness (QED) is 0.820. The van der Waals surface area contributed by atoms with Crippen molar-refractivity contribution in [3.05, 3.63) is 0 Å². The molecule has 5 heteroatoms. The summed E-state index contributed by atoms with van der Waals surface area (Å²) < 4.78 is 5.34. The second-order valence-electron chi connectivity index (χ2n) is 7.99. The van der Waals surface area contributed by atoms with Crippen LogP contribution in [0.1, 0.15) is 53.4 Å². The van der Waals surface area contributed by atoms with Crippen LogP contribution in [-0.2, 0) is 4.74 Å². The van der Waals surface area contributed by atoms with Crippen LogP contribution >= 0.6 is 0 Å². The van der Waals surface area contributed by atoms with Crippen LogP contribution in [0, 0.1) is 11.3 Å². The third-order valence-electron chi connectivity index (χ3n) is 5.03. The molecule has 2 aliphatic rings. The van der Waals surface area contributed by atoms with E-state index in [2.05, 4.69) is 6.92 Å². The number of aliphatic hydroxyl groups excluding tert-OH is 1. The first-order valence-corrected chi connectivity index (χ1v) is 7.92. The smallest absolute Gasteiger partial charge is 0.410 e. The molecule has 0 radical (unpaired) electrons. The molecule has 0 unspecified atom stereocenters. The zero-order chi connectivity index (χ0) is 15.9. The van der Waals surface area contributed by atoms with Gasteiger partial charge in [0.05, 0.1) is 17.6 Å². The van der Waals surface area contributed by atoms with Crippen LogP contribution in [0.4, 0.5) is 4.79 Å². The van der Waals surface area contributed by atoms with Gasteiger partial charge in [0.2, 0.25) is 0 Å². The summed E-state index contributed by atoms with van der Waals surface area (Å²) in [6, 6.07) is 0. The summed E-state index contributed by atoms with van der Waals surface area (Å²) in [5.74, 6) is 0.628. The van der Waals surface area contributed by atoms with Gasteiger partial charge in [-0.3, -0.25) is 0 Å². The number of likely N-dealkylation sites (tertiary alicyclic amines) is 1. The van der Waals surface area contributed by atoms with Crippen LogP contribution < -0.4 is 0 Å². The van der Waals surface area contributed by atoms with Gasteiger partial charge in [0.15, 0.2) is 0 Å². The van der Waals surface area contributed by atoms with Crippen LogP contribution in [0.5, 0.6) is 0 Å². The highest BCUT2D eigenvalue weighted by Crippen LogP contribution is 2.49. The number of aliphatic hydroxyl groups is 2. The predicted molar refractivity (Wildman–Crippen MR) is 79.9 cm³/mol. The van der Waals surface area contributed by atoms with Crippen LogP contribution in [-0.4, -0.2) is 52.1 Å². The third-order valence-corrected chi connectivity index (χ3v) is 5.03. The molecule has 0 spiro atoms. The Hall–Kier alpha value is -0.810. The molecule has 2 fully saturated rings. The van der Waals surface area contributed by atoms with Crippen molar-refractivity contribution in [3.63, 3.8) is 0 Å². The Kier molecular flexibility index (Phi) is 4.28. The predicted octanol–water partition coefficient (Wildman–Crippen LogP) is 2.16. The Morgan fingerprint density at radius 3 is 2.24 bits per heavy atom. The van der Waals surface area contributed by atoms with Crippen molar-refractivity contribution in [2.24, 2.45) is 11.3 Å². The average molecular weight is 299 g/mol. The molecule has 21 heavy (non-hydrogen) atoms. The van der Waals surface area contributed by atoms with E-state index in [9.17, 15) is 15.0 Å². The van der Waals surface area contributed by atoms with E-state index < -0.39 is 16.6 Å². The van der Waals surface area contributed by atoms with Crippen molar-refractivity contribution < 1.29 is 19.7 Å². The van der Waals surface area contributed by atoms with Crippen molar-refractivity contribution in [2.75, 3.05) is 19.7 Å². The van der Waals surface area contributed by atoms with E-state index in [1.54, 1.807) is 4.90 Å². The molecule has 1 saturated heterocycles. The second-order valence-corrected chi connectivity index (χ2v) is 7.99. The highest BCUT2D eigenvalue weighted by atomic mass is 16.6. The lowest BCUT2D eigenvalue weighted by Gasteiger charge is -2.58. The summed E-state index contributed by atoms with van der Waals surface area (Å²) >= 11 is 0. The van der Waals surface area contributed by atoms with Crippen molar-refractivity contribution in [1.29, 1.82) is 0 Å². The summed E-state index contributed by atoms with van der Waals surface area (Å²) in [6.45, 7) is 8.36. The summed E-state index contributed by atoms with van der Waals surface area (Å²) in [7, 11) is 0. The Bertz CT molecular complexity index is 388. The van der Waals surface area contributed by atoms with Crippen LogP contribution in [0.15, 0.2) is 0 Å². The molecule has 122 valence electrons. The molecule has 1 aliphatic carbocycles. The normalized spacial score (nSPS) is 32.5. The Morgan fingerprint density at radius 2 is 1.81 bits per heavy atom. The Labute approximate surface area is 127 Å². The molecule has 1 aliphatic heterocycles. The van der Waals surface area contributed by atoms with Gasteiger partial charge in [-0.1, -0.05) is 6.92 Å². The number of amides is 1. The average Bonchev–Trinajstić information content (AvgIpc) is 2.30. The van der Waals surface area contributed by atoms with Gasteiger partial charge < -0.3 is 19.8 Å². The van der Waals surface area contributed by atoms with Crippen LogP contribution in [0.25, 0.3) is 0 Å². The number of carbonyl (C=O) groups excluding carboxylic acids is 1. The highest BCUT2D eigenvalue weighted by molar-refractivity contribution is 5.69. The molecule has 0 aromatic heterocycles. The standard InChI is InChI=1S/C16H29NO4/c1-12-5-7-16(20,8-6-12)15(11-18)9-17(10-15)13(19)21-14(2,3)4/h12,18,20H,5-11H2,1-4H3. The first-order chi connectivity index (χ1) is 9.61. The monoisotopic (exact) mass is 299 g/mol. The lowest BCUT2D eigenvalue weighted by atomic mass is 9.60. The maximum Gasteiger partial charge on any atom is 0.410 e. The van der Waals surface area contributed by atoms with Crippen molar-refractivity contribution in [1.82, 2.24) is 4.90 Å². The molecular formula is C16H29NO4. The first-order valence-electron chi connectivity index (χ1n) is 7.92. The van der Waals surface area contributed by atoms with E-state index in [4.69, 9.17) is 4.74 Å². The minimum atomic E-state index is -0.854. The summed E-state index contributed by atoms with van der Waals surface area (Å²) in [5.41, 5.74) is -1.96. The van der Waals surface area contributed by atoms with Gasteiger partial charge in [-0.15, -0.1) is 0 Å². The lowest BCUT2D eigenvalue weighted by molar-refractivity contribution is -0.193. The first kappa shape index (κ1) is 16.6. The van der Waals surface area contributed by atoms with E-state index >= 15 is 0 Å². The van der Waals surface area contributed by atoms with Gasteiger partial charge in [0.1, 0.15) is 5.60 Å². The molecule has 0 atom stereocenters. The molecule has 1 amide bonds. The molecule has 0 aromatic carbocycles. The fourth-order valence-corrected chi connectivity index (χ4v) is 3.45. The fourth-order valence-electron chi connectivity index (χ4n) is 3.45. The molecule has 5 nitrogen and oxygen atoms in total. The topological polar surface area (TPSA) is 70.0 Å². The van der Waals surface area contributed by atoms with Crippen molar-refractivity contribution in [2.45, 2.75) is 64.6 Å². The minimum Gasteiger partial charge on any atom is -0.444 e. The van der Waals surface area contributed by atoms with Gasteiger partial charge in [0, 0.05) is 13.1 Å². The van der Waals surface area contributed by atoms with Crippen molar-refractivity contribution >= 4 is 6.09 Å². The zero-order valence-corrected chi connectivity index (χ0v) is 13.7. The van der Waals surface area contributed by atoms with Gasteiger partial charge in [-0.2, -0.15) is 0 Å². The number of ether oxygens (including phenoxy) is 1. The zero-order valence-electron chi connectivity index (χ0n) is 13.7. The molecule has 2 rings (SSSR count). The lowest BCUT2D eigenvalue weighted by Crippen LogP contribution is -2.71. The van der Waals surface area contributed by atoms with Gasteiger partial charge >= 0.3 is 6.09 Å². The van der Waals surface area contributed by atoms with E-state index in [1.807, 2.05) is 20.8 Å². The van der Waals surface area contributed by atoms with Gasteiger partial charge in [-0.25, -0.2) is 4.79 Å². The summed E-state index contributed by atoms with van der Waals surface area (Å²) in [6.07, 6.45) is 3.00. The van der Waals surface area contributed by atoms with Crippen LogP contribution in [0.3, 0.4) is 0 Å².